The lowest BCUT2D eigenvalue weighted by Crippen LogP contribution is -2.00. The van der Waals surface area contributed by atoms with Gasteiger partial charge in [-0.2, -0.15) is 5.26 Å². The van der Waals surface area contributed by atoms with E-state index in [-0.39, 0.29) is 12.4 Å². The van der Waals surface area contributed by atoms with Gasteiger partial charge >= 0.3 is 0 Å². The molecular weight excluding hydrogens is 276 g/mol. The molecule has 2 N–H and O–H groups in total. The Bertz CT molecular complexity index is 638. The molecule has 102 valence electrons. The summed E-state index contributed by atoms with van der Waals surface area (Å²) in [7, 11) is 0. The summed E-state index contributed by atoms with van der Waals surface area (Å²) in [6.45, 7) is 0.596. The Balaban J connectivity index is 1.99. The monoisotopic (exact) mass is 288 g/mol. The van der Waals surface area contributed by atoms with Crippen LogP contribution < -0.4 is 10.1 Å². The van der Waals surface area contributed by atoms with E-state index < -0.39 is 0 Å². The van der Waals surface area contributed by atoms with Crippen molar-refractivity contribution in [1.29, 1.82) is 5.26 Å². The number of nitrogens with one attached hydrogen (secondary N) is 1. The minimum Gasteiger partial charge on any atom is -0.506 e. The second-order valence-electron chi connectivity index (χ2n) is 4.11. The molecule has 0 amide bonds. The molecule has 0 bridgehead atoms. The van der Waals surface area contributed by atoms with E-state index in [1.54, 1.807) is 24.3 Å². The summed E-state index contributed by atoms with van der Waals surface area (Å²) < 4.78 is 5.23. The van der Waals surface area contributed by atoms with E-state index in [4.69, 9.17) is 21.6 Å². The second kappa shape index (κ2) is 6.69. The van der Waals surface area contributed by atoms with Crippen LogP contribution in [0.1, 0.15) is 5.56 Å². The van der Waals surface area contributed by atoms with Gasteiger partial charge in [-0.15, -0.1) is 0 Å². The van der Waals surface area contributed by atoms with E-state index in [9.17, 15) is 5.11 Å². The molecule has 0 radical (unpaired) electrons. The molecule has 2 aromatic carbocycles. The largest absolute Gasteiger partial charge is 0.506 e. The Morgan fingerprint density at radius 2 is 2.10 bits per heavy atom. The van der Waals surface area contributed by atoms with Crippen molar-refractivity contribution < 1.29 is 9.84 Å². The first-order valence-electron chi connectivity index (χ1n) is 6.00. The Kier molecular flexibility index (Phi) is 4.70. The molecule has 0 aliphatic heterocycles. The zero-order valence-corrected chi connectivity index (χ0v) is 11.4. The highest BCUT2D eigenvalue weighted by atomic mass is 35.5. The summed E-state index contributed by atoms with van der Waals surface area (Å²) in [6.07, 6.45) is 0. The van der Waals surface area contributed by atoms with Crippen LogP contribution >= 0.6 is 11.6 Å². The Hall–Kier alpha value is -2.38. The second-order valence-corrected chi connectivity index (χ2v) is 4.52. The first kappa shape index (κ1) is 14.0. The molecule has 0 fully saturated rings. The number of aromatic hydroxyl groups is 1. The van der Waals surface area contributed by atoms with E-state index in [0.717, 1.165) is 11.3 Å². The van der Waals surface area contributed by atoms with Crippen LogP contribution in [0.25, 0.3) is 0 Å². The van der Waals surface area contributed by atoms with Gasteiger partial charge in [0.2, 0.25) is 0 Å². The van der Waals surface area contributed by atoms with Gasteiger partial charge in [0.25, 0.3) is 0 Å². The fraction of sp³-hybridized carbons (Fsp3) is 0.133. The minimum absolute atomic E-state index is 0.0248. The molecule has 0 spiro atoms. The number of nitrogens with zero attached hydrogens (tertiary/aromatic N) is 1. The fourth-order valence-corrected chi connectivity index (χ4v) is 1.88. The third-order valence-electron chi connectivity index (χ3n) is 2.65. The lowest BCUT2D eigenvalue weighted by atomic mass is 10.2. The molecule has 0 saturated heterocycles. The van der Waals surface area contributed by atoms with Crippen LogP contribution in [0.5, 0.6) is 11.5 Å². The van der Waals surface area contributed by atoms with Crippen LogP contribution in [0.2, 0.25) is 5.02 Å². The van der Waals surface area contributed by atoms with E-state index in [0.29, 0.717) is 17.3 Å². The number of phenolic OH excluding ortho intramolecular Hbond substituents is 1. The van der Waals surface area contributed by atoms with Crippen molar-refractivity contribution in [3.05, 3.63) is 53.1 Å². The number of halogens is 1. The molecule has 20 heavy (non-hydrogen) atoms. The summed E-state index contributed by atoms with van der Waals surface area (Å²) in [5, 5.41) is 21.4. The average molecular weight is 289 g/mol. The highest BCUT2D eigenvalue weighted by Crippen LogP contribution is 2.24. The van der Waals surface area contributed by atoms with Gasteiger partial charge in [0.05, 0.1) is 5.02 Å². The van der Waals surface area contributed by atoms with E-state index in [1.807, 2.05) is 24.3 Å². The molecule has 0 atom stereocenters. The van der Waals surface area contributed by atoms with E-state index in [2.05, 4.69) is 5.32 Å². The van der Waals surface area contributed by atoms with Crippen molar-refractivity contribution in [2.75, 3.05) is 11.9 Å². The standard InChI is InChI=1S/C15H13ClN2O2/c16-14-8-11(4-5-15(14)19)10-18-12-2-1-3-13(9-12)20-7-6-17/h1-5,8-9,18-19H,7,10H2. The van der Waals surface area contributed by atoms with Crippen LogP contribution in [-0.4, -0.2) is 11.7 Å². The average Bonchev–Trinajstić information content (AvgIpc) is 2.47. The van der Waals surface area contributed by atoms with Gasteiger partial charge in [-0.05, 0) is 29.8 Å². The zero-order valence-electron chi connectivity index (χ0n) is 10.6. The Morgan fingerprint density at radius 1 is 1.25 bits per heavy atom. The highest BCUT2D eigenvalue weighted by molar-refractivity contribution is 6.32. The molecule has 2 rings (SSSR count). The van der Waals surface area contributed by atoms with Gasteiger partial charge in [-0.3, -0.25) is 0 Å². The van der Waals surface area contributed by atoms with Gasteiger partial charge < -0.3 is 15.2 Å². The first-order chi connectivity index (χ1) is 9.69. The van der Waals surface area contributed by atoms with Crippen molar-refractivity contribution in [3.63, 3.8) is 0 Å². The topological polar surface area (TPSA) is 65.3 Å². The maximum Gasteiger partial charge on any atom is 0.174 e. The third kappa shape index (κ3) is 3.81. The third-order valence-corrected chi connectivity index (χ3v) is 2.95. The minimum atomic E-state index is 0.0248. The molecule has 0 unspecified atom stereocenters. The maximum atomic E-state index is 9.35. The number of anilines is 1. The van der Waals surface area contributed by atoms with Gasteiger partial charge in [0, 0.05) is 18.3 Å². The number of phenols is 1. The van der Waals surface area contributed by atoms with Crippen molar-refractivity contribution >= 4 is 17.3 Å². The number of hydrogen-bond donors (Lipinski definition) is 2. The van der Waals surface area contributed by atoms with Gasteiger partial charge in [0.15, 0.2) is 6.61 Å². The zero-order chi connectivity index (χ0) is 14.4. The summed E-state index contributed by atoms with van der Waals surface area (Å²) >= 11 is 5.85. The summed E-state index contributed by atoms with van der Waals surface area (Å²) in [6, 6.07) is 14.3. The smallest absolute Gasteiger partial charge is 0.174 e. The summed E-state index contributed by atoms with van der Waals surface area (Å²) in [5.74, 6) is 0.711. The van der Waals surface area contributed by atoms with Crippen LogP contribution in [0, 0.1) is 11.3 Å². The van der Waals surface area contributed by atoms with Crippen LogP contribution in [0.4, 0.5) is 5.69 Å². The summed E-state index contributed by atoms with van der Waals surface area (Å²) in [5.41, 5.74) is 1.83. The SMILES string of the molecule is N#CCOc1cccc(NCc2ccc(O)c(Cl)c2)c1. The van der Waals surface area contributed by atoms with E-state index >= 15 is 0 Å². The fourth-order valence-electron chi connectivity index (χ4n) is 1.68. The highest BCUT2D eigenvalue weighted by Gasteiger charge is 2.01. The van der Waals surface area contributed by atoms with Crippen LogP contribution in [-0.2, 0) is 6.54 Å². The predicted octanol–water partition coefficient (Wildman–Crippen LogP) is 3.56. The molecule has 0 aromatic heterocycles. The number of hydrogen-bond acceptors (Lipinski definition) is 4. The van der Waals surface area contributed by atoms with Crippen LogP contribution in [0.15, 0.2) is 42.5 Å². The van der Waals surface area contributed by atoms with E-state index in [1.165, 1.54) is 0 Å². The molecular formula is C15H13ClN2O2. The molecule has 4 nitrogen and oxygen atoms in total. The number of rotatable bonds is 5. The molecule has 5 heteroatoms. The van der Waals surface area contributed by atoms with Crippen LogP contribution in [0.3, 0.4) is 0 Å². The first-order valence-corrected chi connectivity index (χ1v) is 6.38. The quantitative estimate of drug-likeness (QED) is 0.883. The lowest BCUT2D eigenvalue weighted by molar-refractivity contribution is 0.368. The molecule has 0 saturated carbocycles. The van der Waals surface area contributed by atoms with Crippen molar-refractivity contribution in [2.24, 2.45) is 0 Å². The lowest BCUT2D eigenvalue weighted by Gasteiger charge is -2.09. The predicted molar refractivity (Wildman–Crippen MR) is 78.0 cm³/mol. The number of benzene rings is 2. The normalized spacial score (nSPS) is 9.80. The van der Waals surface area contributed by atoms with Crippen molar-refractivity contribution in [3.8, 4) is 17.6 Å². The van der Waals surface area contributed by atoms with Gasteiger partial charge in [-0.1, -0.05) is 23.7 Å². The van der Waals surface area contributed by atoms with Crippen molar-refractivity contribution in [2.45, 2.75) is 6.54 Å². The van der Waals surface area contributed by atoms with Gasteiger partial charge in [0.1, 0.15) is 17.6 Å². The molecule has 0 aliphatic rings. The Morgan fingerprint density at radius 3 is 2.85 bits per heavy atom. The molecule has 2 aromatic rings. The Labute approximate surface area is 122 Å². The summed E-state index contributed by atoms with van der Waals surface area (Å²) in [4.78, 5) is 0. The number of ether oxygens (including phenoxy) is 1. The molecule has 0 heterocycles. The maximum absolute atomic E-state index is 9.35. The van der Waals surface area contributed by atoms with Crippen molar-refractivity contribution in [1.82, 2.24) is 0 Å². The molecule has 0 aliphatic carbocycles. The van der Waals surface area contributed by atoms with Gasteiger partial charge in [-0.25, -0.2) is 0 Å². The number of nitriles is 1.